The third-order valence-electron chi connectivity index (χ3n) is 4.34. The van der Waals surface area contributed by atoms with Crippen LogP contribution in [-0.4, -0.2) is 31.1 Å². The minimum absolute atomic E-state index is 0.795. The monoisotopic (exact) mass is 260 g/mol. The molecule has 1 saturated heterocycles. The highest BCUT2D eigenvalue weighted by Crippen LogP contribution is 2.17. The minimum Gasteiger partial charge on any atom is -0.313 e. The summed E-state index contributed by atoms with van der Waals surface area (Å²) >= 11 is 0. The van der Waals surface area contributed by atoms with Crippen LogP contribution in [-0.2, 0) is 13.0 Å². The summed E-state index contributed by atoms with van der Waals surface area (Å²) in [7, 11) is 2.27. The molecule has 2 nitrogen and oxygen atoms in total. The van der Waals surface area contributed by atoms with Crippen molar-refractivity contribution in [2.45, 2.75) is 51.6 Å². The Kier molecular flexibility index (Phi) is 5.87. The molecule has 1 fully saturated rings. The van der Waals surface area contributed by atoms with Crippen LogP contribution < -0.4 is 5.32 Å². The predicted molar refractivity (Wildman–Crippen MR) is 82.4 cm³/mol. The molecule has 1 N–H and O–H groups in total. The van der Waals surface area contributed by atoms with E-state index in [9.17, 15) is 0 Å². The average Bonchev–Trinajstić information content (AvgIpc) is 2.46. The zero-order chi connectivity index (χ0) is 13.5. The van der Waals surface area contributed by atoms with Gasteiger partial charge in [-0.3, -0.25) is 0 Å². The molecule has 0 radical (unpaired) electrons. The van der Waals surface area contributed by atoms with Crippen molar-refractivity contribution in [2.24, 2.45) is 0 Å². The maximum atomic E-state index is 3.58. The van der Waals surface area contributed by atoms with Crippen LogP contribution in [0.2, 0.25) is 0 Å². The molecule has 19 heavy (non-hydrogen) atoms. The maximum Gasteiger partial charge on any atom is 0.0205 e. The van der Waals surface area contributed by atoms with Gasteiger partial charge in [-0.15, -0.1) is 0 Å². The van der Waals surface area contributed by atoms with Crippen molar-refractivity contribution >= 4 is 0 Å². The third-order valence-corrected chi connectivity index (χ3v) is 4.34. The SMILES string of the molecule is CCc1ccc(CNCCC2CCCCN2C)cc1. The van der Waals surface area contributed by atoms with Gasteiger partial charge < -0.3 is 10.2 Å². The van der Waals surface area contributed by atoms with Gasteiger partial charge in [0.25, 0.3) is 0 Å². The molecular weight excluding hydrogens is 232 g/mol. The molecule has 2 rings (SSSR count). The zero-order valence-electron chi connectivity index (χ0n) is 12.5. The summed E-state index contributed by atoms with van der Waals surface area (Å²) in [5, 5.41) is 3.58. The van der Waals surface area contributed by atoms with Crippen LogP contribution in [0.3, 0.4) is 0 Å². The van der Waals surface area contributed by atoms with E-state index in [1.807, 2.05) is 0 Å². The highest BCUT2D eigenvalue weighted by molar-refractivity contribution is 5.22. The largest absolute Gasteiger partial charge is 0.313 e. The molecule has 0 saturated carbocycles. The number of likely N-dealkylation sites (tertiary alicyclic amines) is 1. The Balaban J connectivity index is 1.65. The number of hydrogen-bond acceptors (Lipinski definition) is 2. The summed E-state index contributed by atoms with van der Waals surface area (Å²) in [6, 6.07) is 9.78. The van der Waals surface area contributed by atoms with Crippen molar-refractivity contribution < 1.29 is 0 Å². The normalized spacial score (nSPS) is 20.6. The van der Waals surface area contributed by atoms with E-state index in [4.69, 9.17) is 0 Å². The molecule has 1 atom stereocenters. The van der Waals surface area contributed by atoms with E-state index in [-0.39, 0.29) is 0 Å². The highest BCUT2D eigenvalue weighted by atomic mass is 15.1. The Morgan fingerprint density at radius 1 is 1.16 bits per heavy atom. The van der Waals surface area contributed by atoms with Crippen molar-refractivity contribution in [3.63, 3.8) is 0 Å². The fourth-order valence-electron chi connectivity index (χ4n) is 2.90. The Morgan fingerprint density at radius 2 is 1.89 bits per heavy atom. The van der Waals surface area contributed by atoms with E-state index in [1.165, 1.54) is 43.4 Å². The lowest BCUT2D eigenvalue weighted by Crippen LogP contribution is -2.38. The van der Waals surface area contributed by atoms with E-state index in [0.29, 0.717) is 0 Å². The van der Waals surface area contributed by atoms with Gasteiger partial charge in [0.1, 0.15) is 0 Å². The predicted octanol–water partition coefficient (Wildman–Crippen LogP) is 3.21. The van der Waals surface area contributed by atoms with Crippen LogP contribution in [0.25, 0.3) is 0 Å². The van der Waals surface area contributed by atoms with Gasteiger partial charge in [0.05, 0.1) is 0 Å². The number of aryl methyl sites for hydroxylation is 1. The lowest BCUT2D eigenvalue weighted by molar-refractivity contribution is 0.175. The molecule has 1 aliphatic heterocycles. The smallest absolute Gasteiger partial charge is 0.0205 e. The van der Waals surface area contributed by atoms with Gasteiger partial charge in [-0.05, 0) is 56.9 Å². The number of nitrogens with zero attached hydrogens (tertiary/aromatic N) is 1. The molecule has 0 spiro atoms. The summed E-state index contributed by atoms with van der Waals surface area (Å²) in [4.78, 5) is 2.53. The molecule has 0 aromatic heterocycles. The second-order valence-electron chi connectivity index (χ2n) is 5.77. The second kappa shape index (κ2) is 7.66. The van der Waals surface area contributed by atoms with E-state index < -0.39 is 0 Å². The first-order chi connectivity index (χ1) is 9.29. The summed E-state index contributed by atoms with van der Waals surface area (Å²) in [6.07, 6.45) is 6.58. The molecule has 2 heteroatoms. The van der Waals surface area contributed by atoms with Crippen molar-refractivity contribution in [3.05, 3.63) is 35.4 Å². The van der Waals surface area contributed by atoms with Crippen LogP contribution in [0.15, 0.2) is 24.3 Å². The average molecular weight is 260 g/mol. The Morgan fingerprint density at radius 3 is 2.58 bits per heavy atom. The number of piperidine rings is 1. The topological polar surface area (TPSA) is 15.3 Å². The van der Waals surface area contributed by atoms with Crippen molar-refractivity contribution in [2.75, 3.05) is 20.1 Å². The fraction of sp³-hybridized carbons (Fsp3) is 0.647. The van der Waals surface area contributed by atoms with E-state index >= 15 is 0 Å². The standard InChI is InChI=1S/C17H28N2/c1-3-15-7-9-16(10-8-15)14-18-12-11-17-6-4-5-13-19(17)2/h7-10,17-18H,3-6,11-14H2,1-2H3. The van der Waals surface area contributed by atoms with Gasteiger partial charge in [0.15, 0.2) is 0 Å². The molecule has 1 heterocycles. The van der Waals surface area contributed by atoms with E-state index in [2.05, 4.69) is 48.5 Å². The van der Waals surface area contributed by atoms with Crippen molar-refractivity contribution in [3.8, 4) is 0 Å². The lowest BCUT2D eigenvalue weighted by Gasteiger charge is -2.32. The van der Waals surface area contributed by atoms with Gasteiger partial charge in [-0.1, -0.05) is 37.6 Å². The molecule has 1 aromatic rings. The first kappa shape index (κ1) is 14.5. The number of benzene rings is 1. The molecular formula is C17H28N2. The Labute approximate surface area is 118 Å². The lowest BCUT2D eigenvalue weighted by atomic mass is 10.0. The van der Waals surface area contributed by atoms with Crippen molar-refractivity contribution in [1.29, 1.82) is 0 Å². The summed E-state index contributed by atoms with van der Waals surface area (Å²) < 4.78 is 0. The van der Waals surface area contributed by atoms with Gasteiger partial charge in [0, 0.05) is 12.6 Å². The summed E-state index contributed by atoms with van der Waals surface area (Å²) in [6.45, 7) is 5.61. The zero-order valence-corrected chi connectivity index (χ0v) is 12.5. The van der Waals surface area contributed by atoms with E-state index in [0.717, 1.165) is 25.6 Å². The van der Waals surface area contributed by atoms with Crippen molar-refractivity contribution in [1.82, 2.24) is 10.2 Å². The number of nitrogens with one attached hydrogen (secondary N) is 1. The molecule has 0 amide bonds. The van der Waals surface area contributed by atoms with Crippen LogP contribution in [0.4, 0.5) is 0 Å². The molecule has 0 aliphatic carbocycles. The van der Waals surface area contributed by atoms with Gasteiger partial charge >= 0.3 is 0 Å². The highest BCUT2D eigenvalue weighted by Gasteiger charge is 2.17. The number of hydrogen-bond donors (Lipinski definition) is 1. The molecule has 0 bridgehead atoms. The Bertz CT molecular complexity index is 358. The third kappa shape index (κ3) is 4.63. The van der Waals surface area contributed by atoms with E-state index in [1.54, 1.807) is 0 Å². The van der Waals surface area contributed by atoms with Crippen LogP contribution in [0.5, 0.6) is 0 Å². The summed E-state index contributed by atoms with van der Waals surface area (Å²) in [5.74, 6) is 0. The quantitative estimate of drug-likeness (QED) is 0.790. The van der Waals surface area contributed by atoms with Crippen LogP contribution in [0, 0.1) is 0 Å². The van der Waals surface area contributed by atoms with Gasteiger partial charge in [-0.25, -0.2) is 0 Å². The second-order valence-corrected chi connectivity index (χ2v) is 5.77. The number of rotatable bonds is 6. The molecule has 1 aromatic carbocycles. The first-order valence-electron chi connectivity index (χ1n) is 7.78. The molecule has 106 valence electrons. The molecule has 1 unspecified atom stereocenters. The van der Waals surface area contributed by atoms with Gasteiger partial charge in [-0.2, -0.15) is 0 Å². The summed E-state index contributed by atoms with van der Waals surface area (Å²) in [5.41, 5.74) is 2.82. The van der Waals surface area contributed by atoms with Crippen LogP contribution in [0.1, 0.15) is 43.7 Å². The fourth-order valence-corrected chi connectivity index (χ4v) is 2.90. The Hall–Kier alpha value is -0.860. The minimum atomic E-state index is 0.795. The van der Waals surface area contributed by atoms with Crippen LogP contribution >= 0.6 is 0 Å². The maximum absolute atomic E-state index is 3.58. The van der Waals surface area contributed by atoms with Gasteiger partial charge in [0.2, 0.25) is 0 Å². The molecule has 1 aliphatic rings. The first-order valence-corrected chi connectivity index (χ1v) is 7.78.